The first-order valence-electron chi connectivity index (χ1n) is 8.12. The predicted octanol–water partition coefficient (Wildman–Crippen LogP) is 2.63. The highest BCUT2D eigenvalue weighted by molar-refractivity contribution is 7.90. The van der Waals surface area contributed by atoms with E-state index in [1.165, 1.54) is 29.2 Å². The minimum atomic E-state index is -1.34. The number of imidazole rings is 1. The van der Waals surface area contributed by atoms with Crippen LogP contribution in [0.1, 0.15) is 13.8 Å². The van der Waals surface area contributed by atoms with E-state index >= 15 is 0 Å². The molecule has 8 heteroatoms. The lowest BCUT2D eigenvalue weighted by Crippen LogP contribution is -2.25. The van der Waals surface area contributed by atoms with E-state index in [-0.39, 0.29) is 22.6 Å². The van der Waals surface area contributed by atoms with E-state index in [0.29, 0.717) is 23.6 Å². The third-order valence-corrected chi connectivity index (χ3v) is 4.47. The zero-order chi connectivity index (χ0) is 18.8. The standard InChI is InChI=1S/C18H19FN4O2S/c1-12(2)10-22-11-16(15-8-9-20-17(21-15)26(3)25)23(18(22)24)14-6-4-13(19)5-7-14/h4-9,11-12H,10H2,1-3H3. The molecule has 0 N–H and O–H groups in total. The van der Waals surface area contributed by atoms with Gasteiger partial charge in [-0.1, -0.05) is 13.8 Å². The number of aromatic nitrogens is 4. The van der Waals surface area contributed by atoms with Crippen molar-refractivity contribution in [2.24, 2.45) is 5.92 Å². The first kappa shape index (κ1) is 18.3. The third kappa shape index (κ3) is 3.71. The topological polar surface area (TPSA) is 75.8 Å². The van der Waals surface area contributed by atoms with E-state index in [4.69, 9.17) is 0 Å². The summed E-state index contributed by atoms with van der Waals surface area (Å²) in [5, 5.41) is 0.192. The molecule has 136 valence electrons. The Morgan fingerprint density at radius 2 is 1.92 bits per heavy atom. The first-order chi connectivity index (χ1) is 12.4. The van der Waals surface area contributed by atoms with E-state index in [1.807, 2.05) is 13.8 Å². The van der Waals surface area contributed by atoms with Crippen molar-refractivity contribution >= 4 is 11.2 Å². The number of hydrogen-bond donors (Lipinski definition) is 0. The second-order valence-electron chi connectivity index (χ2n) is 6.33. The molecule has 0 radical (unpaired) electrons. The Morgan fingerprint density at radius 3 is 2.54 bits per heavy atom. The van der Waals surface area contributed by atoms with Crippen LogP contribution in [0.15, 0.2) is 52.7 Å². The van der Waals surface area contributed by atoms with Gasteiger partial charge in [-0.2, -0.15) is 9.97 Å². The lowest BCUT2D eigenvalue weighted by Gasteiger charge is -2.08. The van der Waals surface area contributed by atoms with Crippen LogP contribution in [-0.4, -0.2) is 29.9 Å². The molecule has 0 aliphatic heterocycles. The van der Waals surface area contributed by atoms with Crippen LogP contribution < -0.4 is 5.69 Å². The molecule has 6 nitrogen and oxygen atoms in total. The maximum Gasteiger partial charge on any atom is 0.342 e. The van der Waals surface area contributed by atoms with Crippen LogP contribution in [0.25, 0.3) is 17.1 Å². The summed E-state index contributed by atoms with van der Waals surface area (Å²) in [5.74, 6) is -0.107. The van der Waals surface area contributed by atoms with Gasteiger partial charge in [0.2, 0.25) is 0 Å². The van der Waals surface area contributed by atoms with Gasteiger partial charge in [0.15, 0.2) is 0 Å². The summed E-state index contributed by atoms with van der Waals surface area (Å²) in [5.41, 5.74) is 1.32. The van der Waals surface area contributed by atoms with Crippen molar-refractivity contribution in [2.45, 2.75) is 25.5 Å². The molecule has 3 aromatic rings. The van der Waals surface area contributed by atoms with Gasteiger partial charge in [0.25, 0.3) is 0 Å². The van der Waals surface area contributed by atoms with Crippen molar-refractivity contribution in [1.82, 2.24) is 19.1 Å². The van der Waals surface area contributed by atoms with Gasteiger partial charge in [0, 0.05) is 30.1 Å². The van der Waals surface area contributed by atoms with Crippen LogP contribution in [0, 0.1) is 11.7 Å². The summed E-state index contributed by atoms with van der Waals surface area (Å²) in [6.45, 7) is 4.58. The average Bonchev–Trinajstić information content (AvgIpc) is 2.92. The Balaban J connectivity index is 2.21. The van der Waals surface area contributed by atoms with Crippen LogP contribution >= 0.6 is 0 Å². The Bertz CT molecular complexity index is 964. The van der Waals surface area contributed by atoms with Gasteiger partial charge in [0.05, 0.1) is 17.1 Å². The van der Waals surface area contributed by atoms with Gasteiger partial charge in [-0.3, -0.25) is 9.13 Å². The normalized spacial score (nSPS) is 12.5. The van der Waals surface area contributed by atoms with E-state index in [0.717, 1.165) is 0 Å². The fourth-order valence-corrected chi connectivity index (χ4v) is 3.09. The summed E-state index contributed by atoms with van der Waals surface area (Å²) in [6.07, 6.45) is 4.73. The molecule has 0 aliphatic carbocycles. The average molecular weight is 374 g/mol. The molecule has 0 spiro atoms. The molecule has 0 aliphatic rings. The number of benzene rings is 1. The fraction of sp³-hybridized carbons (Fsp3) is 0.278. The number of rotatable bonds is 5. The van der Waals surface area contributed by atoms with Crippen LogP contribution in [0.2, 0.25) is 0 Å². The van der Waals surface area contributed by atoms with Crippen molar-refractivity contribution < 1.29 is 8.94 Å². The molecule has 1 unspecified atom stereocenters. The molecule has 0 amide bonds. The van der Waals surface area contributed by atoms with Gasteiger partial charge in [-0.25, -0.2) is 9.18 Å². The van der Waals surface area contributed by atoms with Crippen molar-refractivity contribution in [2.75, 3.05) is 6.26 Å². The molecule has 26 heavy (non-hydrogen) atoms. The fourth-order valence-electron chi connectivity index (χ4n) is 2.66. The molecule has 0 saturated carbocycles. The smallest absolute Gasteiger partial charge is 0.342 e. The van der Waals surface area contributed by atoms with Crippen LogP contribution in [0.5, 0.6) is 0 Å². The molecular formula is C18H19FN4O2S. The SMILES string of the molecule is CC(C)Cn1cc(-c2ccnc([S+](C)[O-])n2)n(-c2ccc(F)cc2)c1=O. The minimum Gasteiger partial charge on any atom is -0.609 e. The Hall–Kier alpha value is -2.45. The molecule has 0 bridgehead atoms. The van der Waals surface area contributed by atoms with Crippen molar-refractivity contribution in [3.05, 3.63) is 59.0 Å². The highest BCUT2D eigenvalue weighted by Gasteiger charge is 2.18. The molecule has 0 saturated heterocycles. The van der Waals surface area contributed by atoms with Crippen molar-refractivity contribution in [3.63, 3.8) is 0 Å². The summed E-state index contributed by atoms with van der Waals surface area (Å²) in [7, 11) is 0. The Labute approximate surface area is 153 Å². The van der Waals surface area contributed by atoms with Gasteiger partial charge in [-0.15, -0.1) is 0 Å². The summed E-state index contributed by atoms with van der Waals surface area (Å²) in [4.78, 5) is 21.3. The van der Waals surface area contributed by atoms with E-state index in [1.54, 1.807) is 29.0 Å². The molecule has 3 rings (SSSR count). The highest BCUT2D eigenvalue weighted by Crippen LogP contribution is 2.21. The molecule has 1 atom stereocenters. The van der Waals surface area contributed by atoms with Gasteiger partial charge >= 0.3 is 10.8 Å². The maximum absolute atomic E-state index is 13.3. The van der Waals surface area contributed by atoms with Gasteiger partial charge in [-0.05, 0) is 36.2 Å². The van der Waals surface area contributed by atoms with E-state index < -0.39 is 11.2 Å². The zero-order valence-electron chi connectivity index (χ0n) is 14.7. The van der Waals surface area contributed by atoms with Gasteiger partial charge in [0.1, 0.15) is 12.1 Å². The molecule has 2 heterocycles. The number of halogens is 1. The van der Waals surface area contributed by atoms with Crippen LogP contribution in [-0.2, 0) is 17.7 Å². The quantitative estimate of drug-likeness (QED) is 0.508. The van der Waals surface area contributed by atoms with Crippen LogP contribution in [0.4, 0.5) is 4.39 Å². The maximum atomic E-state index is 13.3. The summed E-state index contributed by atoms with van der Waals surface area (Å²) < 4.78 is 28.1. The third-order valence-electron chi connectivity index (χ3n) is 3.76. The molecule has 2 aromatic heterocycles. The predicted molar refractivity (Wildman–Crippen MR) is 98.2 cm³/mol. The second-order valence-corrected chi connectivity index (χ2v) is 7.61. The number of nitrogens with zero attached hydrogens (tertiary/aromatic N) is 4. The monoisotopic (exact) mass is 374 g/mol. The summed E-state index contributed by atoms with van der Waals surface area (Å²) in [6, 6.07) is 7.35. The zero-order valence-corrected chi connectivity index (χ0v) is 15.5. The Morgan fingerprint density at radius 1 is 1.23 bits per heavy atom. The lowest BCUT2D eigenvalue weighted by atomic mass is 10.2. The van der Waals surface area contributed by atoms with E-state index in [9.17, 15) is 13.7 Å². The van der Waals surface area contributed by atoms with E-state index in [2.05, 4.69) is 9.97 Å². The van der Waals surface area contributed by atoms with Crippen molar-refractivity contribution in [1.29, 1.82) is 0 Å². The highest BCUT2D eigenvalue weighted by atomic mass is 32.2. The molecule has 0 fully saturated rings. The molecular weight excluding hydrogens is 355 g/mol. The van der Waals surface area contributed by atoms with Gasteiger partial charge < -0.3 is 4.55 Å². The Kier molecular flexibility index (Phi) is 5.24. The lowest BCUT2D eigenvalue weighted by molar-refractivity contribution is 0.509. The van der Waals surface area contributed by atoms with Crippen LogP contribution in [0.3, 0.4) is 0 Å². The second kappa shape index (κ2) is 7.43. The van der Waals surface area contributed by atoms with Crippen molar-refractivity contribution in [3.8, 4) is 17.1 Å². The molecule has 1 aromatic carbocycles. The largest absolute Gasteiger partial charge is 0.609 e. The first-order valence-corrected chi connectivity index (χ1v) is 9.67. The number of hydrogen-bond acceptors (Lipinski definition) is 4. The minimum absolute atomic E-state index is 0.192. The summed E-state index contributed by atoms with van der Waals surface area (Å²) >= 11 is -1.34.